The normalized spacial score (nSPS) is 10.7. The van der Waals surface area contributed by atoms with Crippen LogP contribution in [0.3, 0.4) is 0 Å². The van der Waals surface area contributed by atoms with Crippen LogP contribution in [0.5, 0.6) is 5.75 Å². The number of amides is 1. The lowest BCUT2D eigenvalue weighted by Gasteiger charge is -2.25. The fraction of sp³-hybridized carbons (Fsp3) is 0.259. The van der Waals surface area contributed by atoms with Crippen molar-refractivity contribution in [1.29, 1.82) is 5.26 Å². The maximum absolute atomic E-state index is 12.8. The van der Waals surface area contributed by atoms with E-state index in [2.05, 4.69) is 18.0 Å². The maximum Gasteiger partial charge on any atom is 0.225 e. The van der Waals surface area contributed by atoms with Gasteiger partial charge in [-0.25, -0.2) is 9.97 Å². The van der Waals surface area contributed by atoms with E-state index < -0.39 is 0 Å². The van der Waals surface area contributed by atoms with E-state index in [1.54, 1.807) is 24.4 Å². The van der Waals surface area contributed by atoms with E-state index in [-0.39, 0.29) is 5.91 Å². The molecule has 178 valence electrons. The molecule has 0 aliphatic rings. The molecule has 4 aromatic rings. The molecule has 0 saturated heterocycles. The number of fused-ring (bicyclic) bond motifs is 1. The molecule has 0 spiro atoms. The molecule has 0 fully saturated rings. The number of pyridine rings is 1. The van der Waals surface area contributed by atoms with E-state index >= 15 is 0 Å². The molecule has 0 aliphatic heterocycles. The fourth-order valence-corrected chi connectivity index (χ4v) is 4.10. The molecule has 0 N–H and O–H groups in total. The van der Waals surface area contributed by atoms with Crippen LogP contribution < -0.4 is 14.5 Å². The van der Waals surface area contributed by atoms with Crippen molar-refractivity contribution in [2.45, 2.75) is 26.8 Å². The van der Waals surface area contributed by atoms with E-state index in [4.69, 9.17) is 9.72 Å². The molecule has 0 saturated carbocycles. The standard InChI is InChI=1S/C27H28N6O2/c1-6-21-13-20(15-28)9-12-23(21)32(4)25-14-24-26(29-17-31(24)3)27(30-25)33(18(2)34)16-19-7-10-22(35-5)11-8-19/h7-14,17H,6,16H2,1-5H3. The maximum atomic E-state index is 12.8. The largest absolute Gasteiger partial charge is 0.497 e. The smallest absolute Gasteiger partial charge is 0.225 e. The molecule has 2 aromatic heterocycles. The van der Waals surface area contributed by atoms with Gasteiger partial charge in [-0.2, -0.15) is 5.26 Å². The molecule has 35 heavy (non-hydrogen) atoms. The third-order valence-corrected chi connectivity index (χ3v) is 6.11. The van der Waals surface area contributed by atoms with E-state index in [0.29, 0.717) is 29.3 Å². The highest BCUT2D eigenvalue weighted by molar-refractivity contribution is 6.00. The van der Waals surface area contributed by atoms with Crippen molar-refractivity contribution in [3.63, 3.8) is 0 Å². The first-order valence-corrected chi connectivity index (χ1v) is 11.4. The lowest BCUT2D eigenvalue weighted by Crippen LogP contribution is -2.29. The van der Waals surface area contributed by atoms with Gasteiger partial charge in [0.05, 0.1) is 37.1 Å². The summed E-state index contributed by atoms with van der Waals surface area (Å²) in [5, 5.41) is 9.30. The van der Waals surface area contributed by atoms with Crippen LogP contribution >= 0.6 is 0 Å². The summed E-state index contributed by atoms with van der Waals surface area (Å²) < 4.78 is 7.17. The summed E-state index contributed by atoms with van der Waals surface area (Å²) in [7, 11) is 5.48. The van der Waals surface area contributed by atoms with Gasteiger partial charge in [0.2, 0.25) is 5.91 Å². The highest BCUT2D eigenvalue weighted by Gasteiger charge is 2.22. The zero-order valence-corrected chi connectivity index (χ0v) is 20.6. The monoisotopic (exact) mass is 468 g/mol. The molecule has 0 atom stereocenters. The van der Waals surface area contributed by atoms with Gasteiger partial charge < -0.3 is 14.2 Å². The van der Waals surface area contributed by atoms with Crippen molar-refractivity contribution >= 4 is 34.3 Å². The molecule has 0 bridgehead atoms. The number of nitriles is 1. The molecule has 1 amide bonds. The van der Waals surface area contributed by atoms with Crippen LogP contribution in [0.2, 0.25) is 0 Å². The SMILES string of the molecule is CCc1cc(C#N)ccc1N(C)c1cc2c(ncn2C)c(N(Cc2ccc(OC)cc2)C(C)=O)n1. The number of rotatable bonds is 7. The number of ether oxygens (including phenoxy) is 1. The van der Waals surface area contributed by atoms with Crippen molar-refractivity contribution in [3.8, 4) is 11.8 Å². The van der Waals surface area contributed by atoms with Gasteiger partial charge in [0.25, 0.3) is 0 Å². The summed E-state index contributed by atoms with van der Waals surface area (Å²) in [6, 6.07) is 17.4. The molecular weight excluding hydrogens is 440 g/mol. The van der Waals surface area contributed by atoms with Crippen molar-refractivity contribution < 1.29 is 9.53 Å². The number of aromatic nitrogens is 3. The van der Waals surface area contributed by atoms with E-state index in [1.165, 1.54) is 6.92 Å². The van der Waals surface area contributed by atoms with Crippen molar-refractivity contribution in [1.82, 2.24) is 14.5 Å². The Labute approximate surface area is 205 Å². The lowest BCUT2D eigenvalue weighted by atomic mass is 10.1. The first-order chi connectivity index (χ1) is 16.9. The van der Waals surface area contributed by atoms with Gasteiger partial charge in [-0.3, -0.25) is 9.69 Å². The van der Waals surface area contributed by atoms with Crippen LogP contribution in [-0.2, 0) is 24.8 Å². The molecular formula is C27H28N6O2. The summed E-state index contributed by atoms with van der Waals surface area (Å²) in [6.45, 7) is 3.94. The second kappa shape index (κ2) is 9.85. The molecule has 4 rings (SSSR count). The first-order valence-electron chi connectivity index (χ1n) is 11.4. The third-order valence-electron chi connectivity index (χ3n) is 6.11. The van der Waals surface area contributed by atoms with E-state index in [1.807, 2.05) is 66.0 Å². The molecule has 0 unspecified atom stereocenters. The van der Waals surface area contributed by atoms with Crippen LogP contribution in [0.1, 0.15) is 30.5 Å². The number of hydrogen-bond acceptors (Lipinski definition) is 6. The minimum absolute atomic E-state index is 0.132. The number of methoxy groups -OCH3 is 1. The Kier molecular flexibility index (Phi) is 6.69. The Morgan fingerprint density at radius 2 is 1.91 bits per heavy atom. The summed E-state index contributed by atoms with van der Waals surface area (Å²) in [5.41, 5.74) is 5.09. The third kappa shape index (κ3) is 4.66. The van der Waals surface area contributed by atoms with Crippen molar-refractivity contribution in [2.75, 3.05) is 24.0 Å². The Morgan fingerprint density at radius 1 is 1.17 bits per heavy atom. The zero-order chi connectivity index (χ0) is 25.1. The summed E-state index contributed by atoms with van der Waals surface area (Å²) in [5.74, 6) is 1.80. The Balaban J connectivity index is 1.82. The van der Waals surface area contributed by atoms with Crippen molar-refractivity contribution in [2.24, 2.45) is 7.05 Å². The highest BCUT2D eigenvalue weighted by atomic mass is 16.5. The van der Waals surface area contributed by atoms with Gasteiger partial charge in [-0.1, -0.05) is 19.1 Å². The van der Waals surface area contributed by atoms with Crippen molar-refractivity contribution in [3.05, 3.63) is 71.5 Å². The van der Waals surface area contributed by atoms with Gasteiger partial charge in [-0.15, -0.1) is 0 Å². The predicted molar refractivity (Wildman–Crippen MR) is 137 cm³/mol. The lowest BCUT2D eigenvalue weighted by molar-refractivity contribution is -0.116. The number of aryl methyl sites for hydroxylation is 2. The van der Waals surface area contributed by atoms with Crippen LogP contribution in [0.4, 0.5) is 17.3 Å². The topological polar surface area (TPSA) is 87.3 Å². The van der Waals surface area contributed by atoms with Gasteiger partial charge in [0.15, 0.2) is 5.82 Å². The number of carbonyl (C=O) groups is 1. The molecule has 8 heteroatoms. The molecule has 8 nitrogen and oxygen atoms in total. The van der Waals surface area contributed by atoms with E-state index in [0.717, 1.165) is 34.5 Å². The fourth-order valence-electron chi connectivity index (χ4n) is 4.10. The minimum atomic E-state index is -0.132. The molecule has 2 aromatic carbocycles. The average Bonchev–Trinajstić information content (AvgIpc) is 3.26. The Morgan fingerprint density at radius 3 is 2.54 bits per heavy atom. The number of anilines is 3. The van der Waals surface area contributed by atoms with Crippen LogP contribution in [-0.4, -0.2) is 34.6 Å². The van der Waals surface area contributed by atoms with Gasteiger partial charge in [0.1, 0.15) is 17.1 Å². The van der Waals surface area contributed by atoms with Crippen LogP contribution in [0.15, 0.2) is 54.9 Å². The first kappa shape index (κ1) is 23.8. The number of nitrogens with zero attached hydrogens (tertiary/aromatic N) is 6. The van der Waals surface area contributed by atoms with Crippen LogP contribution in [0.25, 0.3) is 11.0 Å². The van der Waals surface area contributed by atoms with Gasteiger partial charge in [0, 0.05) is 32.8 Å². The molecule has 0 aliphatic carbocycles. The van der Waals surface area contributed by atoms with Crippen LogP contribution in [0, 0.1) is 11.3 Å². The molecule has 2 heterocycles. The summed E-state index contributed by atoms with van der Waals surface area (Å²) >= 11 is 0. The Bertz CT molecular complexity index is 1420. The highest BCUT2D eigenvalue weighted by Crippen LogP contribution is 2.33. The summed E-state index contributed by atoms with van der Waals surface area (Å²) in [6.07, 6.45) is 2.50. The average molecular weight is 469 g/mol. The minimum Gasteiger partial charge on any atom is -0.497 e. The quantitative estimate of drug-likeness (QED) is 0.390. The number of benzene rings is 2. The van der Waals surface area contributed by atoms with Gasteiger partial charge in [-0.05, 0) is 47.9 Å². The van der Waals surface area contributed by atoms with E-state index in [9.17, 15) is 10.1 Å². The summed E-state index contributed by atoms with van der Waals surface area (Å²) in [4.78, 5) is 25.9. The number of imidazole rings is 1. The van der Waals surface area contributed by atoms with Gasteiger partial charge >= 0.3 is 0 Å². The molecule has 0 radical (unpaired) electrons. The predicted octanol–water partition coefficient (Wildman–Crippen LogP) is 4.73. The second-order valence-corrected chi connectivity index (χ2v) is 8.35. The Hall–Kier alpha value is -4.38. The number of hydrogen-bond donors (Lipinski definition) is 0. The zero-order valence-electron chi connectivity index (χ0n) is 20.6. The second-order valence-electron chi connectivity index (χ2n) is 8.35. The number of carbonyl (C=O) groups excluding carboxylic acids is 1.